The van der Waals surface area contributed by atoms with Gasteiger partial charge in [0, 0.05) is 11.2 Å². The topological polar surface area (TPSA) is 12.0 Å². The fourth-order valence-corrected chi connectivity index (χ4v) is 1.44. The first-order chi connectivity index (χ1) is 9.02. The minimum Gasteiger partial charge on any atom is -0.428 e. The van der Waals surface area contributed by atoms with E-state index in [1.807, 2.05) is 0 Å². The lowest BCUT2D eigenvalue weighted by Crippen LogP contribution is -2.32. The predicted molar refractivity (Wildman–Crippen MR) is 61.7 cm³/mol. The molecule has 0 aliphatic heterocycles. The van der Waals surface area contributed by atoms with E-state index in [9.17, 15) is 22.0 Å². The van der Waals surface area contributed by atoms with Gasteiger partial charge in [0.15, 0.2) is 29.1 Å². The summed E-state index contributed by atoms with van der Waals surface area (Å²) in [6.07, 6.45) is 0. The maximum absolute atomic E-state index is 13.3. The van der Waals surface area contributed by atoms with Crippen molar-refractivity contribution in [1.82, 2.24) is 0 Å². The third-order valence-electron chi connectivity index (χ3n) is 2.40. The van der Waals surface area contributed by atoms with E-state index in [-0.39, 0.29) is 0 Å². The van der Waals surface area contributed by atoms with Crippen LogP contribution in [0, 0.1) is 29.1 Å². The van der Waals surface area contributed by atoms with E-state index in [1.165, 1.54) is 0 Å². The molecule has 0 aromatic heterocycles. The second kappa shape index (κ2) is 5.30. The van der Waals surface area contributed by atoms with Gasteiger partial charge in [-0.1, -0.05) is 18.2 Å². The maximum Gasteiger partial charge on any atom is 0.289 e. The molecule has 1 radical (unpaired) electrons. The van der Waals surface area contributed by atoms with Gasteiger partial charge in [-0.15, -0.1) is 0 Å². The van der Waals surface area contributed by atoms with E-state index in [0.29, 0.717) is 5.69 Å². The fraction of sp³-hybridized carbons (Fsp3) is 0. The first-order valence-corrected chi connectivity index (χ1v) is 5.18. The van der Waals surface area contributed by atoms with Crippen molar-refractivity contribution in [2.24, 2.45) is 0 Å². The molecule has 97 valence electrons. The van der Waals surface area contributed by atoms with Crippen molar-refractivity contribution in [3.63, 3.8) is 0 Å². The van der Waals surface area contributed by atoms with Crippen LogP contribution in [-0.2, 0) is 0 Å². The predicted octanol–water partition coefficient (Wildman–Crippen LogP) is 2.74. The third-order valence-corrected chi connectivity index (χ3v) is 2.40. The minimum absolute atomic E-state index is 0.450. The van der Waals surface area contributed by atoms with E-state index in [0.717, 1.165) is 7.41 Å². The number of hydrogen-bond donors (Lipinski definition) is 1. The van der Waals surface area contributed by atoms with Gasteiger partial charge in [0.2, 0.25) is 0 Å². The molecule has 0 bridgehead atoms. The summed E-state index contributed by atoms with van der Waals surface area (Å²) in [4.78, 5) is 0. The summed E-state index contributed by atoms with van der Waals surface area (Å²) in [5.41, 5.74) is -0.563. The fourth-order valence-electron chi connectivity index (χ4n) is 1.44. The number of rotatable bonds is 3. The van der Waals surface area contributed by atoms with Crippen LogP contribution in [0.1, 0.15) is 0 Å². The quantitative estimate of drug-likeness (QED) is 0.391. The van der Waals surface area contributed by atoms with Gasteiger partial charge < -0.3 is 5.23 Å². The van der Waals surface area contributed by atoms with Gasteiger partial charge in [0.1, 0.15) is 0 Å². The number of halogens is 5. The molecule has 0 atom stereocenters. The highest BCUT2D eigenvalue weighted by Crippen LogP contribution is 2.15. The molecule has 2 rings (SSSR count). The monoisotopic (exact) mass is 270 g/mol. The zero-order valence-electron chi connectivity index (χ0n) is 9.35. The summed E-state index contributed by atoms with van der Waals surface area (Å²) in [6.45, 7) is 0. The molecule has 0 spiro atoms. The molecule has 0 heterocycles. The third kappa shape index (κ3) is 2.54. The molecule has 1 N–H and O–H groups in total. The van der Waals surface area contributed by atoms with Crippen LogP contribution in [0.4, 0.5) is 27.6 Å². The van der Waals surface area contributed by atoms with Crippen LogP contribution in [0.5, 0.6) is 0 Å². The Morgan fingerprint density at radius 1 is 0.684 bits per heavy atom. The first-order valence-electron chi connectivity index (χ1n) is 5.18. The molecule has 0 saturated carbocycles. The van der Waals surface area contributed by atoms with E-state index < -0.39 is 34.5 Å². The number of anilines is 1. The average Bonchev–Trinajstić information content (AvgIpc) is 2.44. The zero-order chi connectivity index (χ0) is 14.0. The molecule has 0 saturated heterocycles. The van der Waals surface area contributed by atoms with Crippen LogP contribution in [-0.4, -0.2) is 7.41 Å². The van der Waals surface area contributed by atoms with Crippen LogP contribution < -0.4 is 10.7 Å². The van der Waals surface area contributed by atoms with Crippen LogP contribution in [0.25, 0.3) is 0 Å². The van der Waals surface area contributed by atoms with Gasteiger partial charge in [0.05, 0.1) is 0 Å². The smallest absolute Gasteiger partial charge is 0.289 e. The largest absolute Gasteiger partial charge is 0.428 e. The van der Waals surface area contributed by atoms with Crippen molar-refractivity contribution in [2.75, 3.05) is 5.23 Å². The summed E-state index contributed by atoms with van der Waals surface area (Å²) in [7, 11) is 0.728. The van der Waals surface area contributed by atoms with Gasteiger partial charge in [-0.05, 0) is 12.1 Å². The van der Waals surface area contributed by atoms with Crippen molar-refractivity contribution in [3.05, 3.63) is 59.4 Å². The first kappa shape index (κ1) is 13.4. The zero-order valence-corrected chi connectivity index (χ0v) is 9.35. The van der Waals surface area contributed by atoms with Crippen molar-refractivity contribution < 1.29 is 22.0 Å². The van der Waals surface area contributed by atoms with Crippen LogP contribution in [0.2, 0.25) is 0 Å². The van der Waals surface area contributed by atoms with Crippen molar-refractivity contribution in [1.29, 1.82) is 0 Å². The van der Waals surface area contributed by atoms with Crippen molar-refractivity contribution in [2.45, 2.75) is 0 Å². The number of para-hydroxylation sites is 1. The van der Waals surface area contributed by atoms with Gasteiger partial charge in [-0.25, -0.2) is 22.0 Å². The summed E-state index contributed by atoms with van der Waals surface area (Å²) < 4.78 is 65.3. The Balaban J connectivity index is 2.31. The molecule has 0 aliphatic carbocycles. The summed E-state index contributed by atoms with van der Waals surface area (Å²) in [5.74, 6) is -9.87. The van der Waals surface area contributed by atoms with Gasteiger partial charge in [-0.2, -0.15) is 0 Å². The lowest BCUT2D eigenvalue weighted by molar-refractivity contribution is 0.384. The Kier molecular flexibility index (Phi) is 3.73. The lowest BCUT2D eigenvalue weighted by atomic mass is 9.81. The minimum atomic E-state index is -2.17. The normalized spacial score (nSPS) is 10.4. The molecular formula is C12H6BF5N. The Bertz CT molecular complexity index is 574. The second-order valence-corrected chi connectivity index (χ2v) is 3.64. The standard InChI is InChI=1S/C12H6BF5N/c14-8-7(9(15)11(17)12(18)10(8)16)13-19-6-4-2-1-3-5-6/h1-5,19H. The van der Waals surface area contributed by atoms with Crippen LogP contribution >= 0.6 is 0 Å². The SMILES string of the molecule is Fc1c(F)c(F)c([B]Nc2ccccc2)c(F)c1F. The molecule has 0 aliphatic rings. The van der Waals surface area contributed by atoms with Crippen LogP contribution in [0.3, 0.4) is 0 Å². The summed E-state index contributed by atoms with van der Waals surface area (Å²) in [5, 5.41) is 2.46. The van der Waals surface area contributed by atoms with Crippen molar-refractivity contribution in [3.8, 4) is 0 Å². The Hall–Kier alpha value is -2.05. The van der Waals surface area contributed by atoms with E-state index in [1.54, 1.807) is 30.3 Å². The van der Waals surface area contributed by atoms with Gasteiger partial charge in [-0.3, -0.25) is 0 Å². The van der Waals surface area contributed by atoms with E-state index >= 15 is 0 Å². The molecule has 0 fully saturated rings. The highest BCUT2D eigenvalue weighted by molar-refractivity contribution is 6.57. The molecule has 2 aromatic carbocycles. The maximum atomic E-state index is 13.3. The van der Waals surface area contributed by atoms with Gasteiger partial charge >= 0.3 is 0 Å². The van der Waals surface area contributed by atoms with E-state index in [2.05, 4.69) is 5.23 Å². The number of benzene rings is 2. The lowest BCUT2D eigenvalue weighted by Gasteiger charge is -2.08. The molecule has 7 heteroatoms. The summed E-state index contributed by atoms with van der Waals surface area (Å²) >= 11 is 0. The molecule has 0 unspecified atom stereocenters. The number of hydrogen-bond acceptors (Lipinski definition) is 1. The highest BCUT2D eigenvalue weighted by Gasteiger charge is 2.25. The van der Waals surface area contributed by atoms with E-state index in [4.69, 9.17) is 0 Å². The molecule has 0 amide bonds. The Labute approximate surface area is 106 Å². The van der Waals surface area contributed by atoms with Gasteiger partial charge in [0.25, 0.3) is 7.41 Å². The summed E-state index contributed by atoms with van der Waals surface area (Å²) in [6, 6.07) is 8.15. The Morgan fingerprint density at radius 3 is 1.68 bits per heavy atom. The number of nitrogens with one attached hydrogen (secondary N) is 1. The molecule has 19 heavy (non-hydrogen) atoms. The molecule has 2 aromatic rings. The Morgan fingerprint density at radius 2 is 1.16 bits per heavy atom. The van der Waals surface area contributed by atoms with Crippen LogP contribution in [0.15, 0.2) is 30.3 Å². The van der Waals surface area contributed by atoms with Crippen molar-refractivity contribution >= 4 is 18.6 Å². The highest BCUT2D eigenvalue weighted by atomic mass is 19.2. The second-order valence-electron chi connectivity index (χ2n) is 3.64. The molecule has 1 nitrogen and oxygen atoms in total. The molecular weight excluding hydrogens is 264 g/mol. The average molecular weight is 270 g/mol.